The van der Waals surface area contributed by atoms with Crippen LogP contribution >= 0.6 is 0 Å². The lowest BCUT2D eigenvalue weighted by molar-refractivity contribution is -0.118. The van der Waals surface area contributed by atoms with Gasteiger partial charge in [-0.25, -0.2) is 0 Å². The molecule has 1 fully saturated rings. The fourth-order valence-electron chi connectivity index (χ4n) is 2.83. The van der Waals surface area contributed by atoms with Crippen LogP contribution in [0.1, 0.15) is 29.5 Å². The van der Waals surface area contributed by atoms with Gasteiger partial charge in [-0.3, -0.25) is 4.79 Å². The number of carbonyl (C=O) groups is 1. The molecule has 3 rings (SSSR count). The first-order valence-electron chi connectivity index (χ1n) is 6.20. The lowest BCUT2D eigenvalue weighted by Crippen LogP contribution is -2.29. The molecule has 0 amide bonds. The second-order valence-corrected chi connectivity index (χ2v) is 4.88. The minimum absolute atomic E-state index is 0.0689. The van der Waals surface area contributed by atoms with Crippen molar-refractivity contribution in [2.24, 2.45) is 0 Å². The Morgan fingerprint density at radius 2 is 2.06 bits per heavy atom. The second-order valence-electron chi connectivity index (χ2n) is 4.88. The number of aryl methyl sites for hydroxylation is 2. The molecule has 2 nitrogen and oxygen atoms in total. The number of rotatable bonds is 2. The Balaban J connectivity index is 1.77. The molecule has 0 bridgehead atoms. The normalized spacial score (nSPS) is 23.8. The van der Waals surface area contributed by atoms with Gasteiger partial charge in [0.15, 0.2) is 5.78 Å². The molecule has 1 aromatic carbocycles. The SMILES string of the molecule is O=C1CCNC1Cc1ccc2c(c1)CCC2. The van der Waals surface area contributed by atoms with Gasteiger partial charge in [0.25, 0.3) is 0 Å². The summed E-state index contributed by atoms with van der Waals surface area (Å²) >= 11 is 0. The number of carbonyl (C=O) groups excluding carboxylic acids is 1. The molecule has 0 spiro atoms. The van der Waals surface area contributed by atoms with E-state index in [1.807, 2.05) is 0 Å². The Hall–Kier alpha value is -1.15. The first kappa shape index (κ1) is 10.0. The van der Waals surface area contributed by atoms with Gasteiger partial charge in [0, 0.05) is 13.0 Å². The van der Waals surface area contributed by atoms with Crippen LogP contribution in [0.4, 0.5) is 0 Å². The number of benzene rings is 1. The summed E-state index contributed by atoms with van der Waals surface area (Å²) < 4.78 is 0. The van der Waals surface area contributed by atoms with E-state index in [4.69, 9.17) is 0 Å². The van der Waals surface area contributed by atoms with Crippen molar-refractivity contribution in [2.75, 3.05) is 6.54 Å². The maximum atomic E-state index is 11.5. The van der Waals surface area contributed by atoms with Crippen LogP contribution < -0.4 is 5.32 Å². The first-order chi connectivity index (χ1) is 7.83. The van der Waals surface area contributed by atoms with Crippen molar-refractivity contribution >= 4 is 5.78 Å². The van der Waals surface area contributed by atoms with E-state index in [9.17, 15) is 4.79 Å². The molecule has 84 valence electrons. The molecule has 2 aliphatic rings. The number of nitrogens with one attached hydrogen (secondary N) is 1. The summed E-state index contributed by atoms with van der Waals surface area (Å²) in [6.07, 6.45) is 5.31. The highest BCUT2D eigenvalue weighted by molar-refractivity contribution is 5.86. The van der Waals surface area contributed by atoms with E-state index < -0.39 is 0 Å². The minimum atomic E-state index is 0.0689. The molecule has 2 heteroatoms. The molecule has 1 unspecified atom stereocenters. The smallest absolute Gasteiger partial charge is 0.151 e. The number of hydrogen-bond donors (Lipinski definition) is 1. The molecule has 1 saturated heterocycles. The highest BCUT2D eigenvalue weighted by Gasteiger charge is 2.24. The lowest BCUT2D eigenvalue weighted by Gasteiger charge is -2.10. The van der Waals surface area contributed by atoms with Crippen molar-refractivity contribution in [3.05, 3.63) is 34.9 Å². The zero-order chi connectivity index (χ0) is 11.0. The van der Waals surface area contributed by atoms with Gasteiger partial charge in [-0.15, -0.1) is 0 Å². The third kappa shape index (κ3) is 1.78. The summed E-state index contributed by atoms with van der Waals surface area (Å²) in [5.41, 5.74) is 4.32. The average Bonchev–Trinajstić information content (AvgIpc) is 2.88. The van der Waals surface area contributed by atoms with Gasteiger partial charge >= 0.3 is 0 Å². The van der Waals surface area contributed by atoms with Crippen molar-refractivity contribution in [3.63, 3.8) is 0 Å². The predicted molar refractivity (Wildman–Crippen MR) is 63.6 cm³/mol. The van der Waals surface area contributed by atoms with Gasteiger partial charge in [0.2, 0.25) is 0 Å². The van der Waals surface area contributed by atoms with Crippen LogP contribution in [0.25, 0.3) is 0 Å². The monoisotopic (exact) mass is 215 g/mol. The Kier molecular flexibility index (Phi) is 2.52. The number of fused-ring (bicyclic) bond motifs is 1. The highest BCUT2D eigenvalue weighted by atomic mass is 16.1. The number of ketones is 1. The van der Waals surface area contributed by atoms with Crippen LogP contribution in [0.5, 0.6) is 0 Å². The molecule has 0 saturated carbocycles. The first-order valence-corrected chi connectivity index (χ1v) is 6.20. The second kappa shape index (κ2) is 4.02. The molecule has 16 heavy (non-hydrogen) atoms. The molecule has 1 aromatic rings. The van der Waals surface area contributed by atoms with Gasteiger partial charge in [-0.1, -0.05) is 18.2 Å². The van der Waals surface area contributed by atoms with Gasteiger partial charge in [0.1, 0.15) is 0 Å². The Labute approximate surface area is 96.1 Å². The van der Waals surface area contributed by atoms with E-state index in [-0.39, 0.29) is 6.04 Å². The van der Waals surface area contributed by atoms with Crippen LogP contribution in [0, 0.1) is 0 Å². The van der Waals surface area contributed by atoms with Crippen LogP contribution in [0.15, 0.2) is 18.2 Å². The third-order valence-electron chi connectivity index (χ3n) is 3.75. The van der Waals surface area contributed by atoms with E-state index in [0.29, 0.717) is 12.2 Å². The Bertz CT molecular complexity index is 425. The Morgan fingerprint density at radius 3 is 2.88 bits per heavy atom. The summed E-state index contributed by atoms with van der Waals surface area (Å²) in [4.78, 5) is 11.5. The Morgan fingerprint density at radius 1 is 1.19 bits per heavy atom. The summed E-state index contributed by atoms with van der Waals surface area (Å²) in [5, 5.41) is 3.27. The van der Waals surface area contributed by atoms with Crippen molar-refractivity contribution < 1.29 is 4.79 Å². The quantitative estimate of drug-likeness (QED) is 0.812. The molecule has 1 aliphatic carbocycles. The zero-order valence-corrected chi connectivity index (χ0v) is 9.46. The lowest BCUT2D eigenvalue weighted by atomic mass is 10.00. The molecule has 0 aromatic heterocycles. The fraction of sp³-hybridized carbons (Fsp3) is 0.500. The summed E-state index contributed by atoms with van der Waals surface area (Å²) in [6, 6.07) is 6.81. The molecular formula is C14H17NO. The zero-order valence-electron chi connectivity index (χ0n) is 9.46. The molecule has 1 heterocycles. The maximum Gasteiger partial charge on any atom is 0.151 e. The number of hydrogen-bond acceptors (Lipinski definition) is 2. The summed E-state index contributed by atoms with van der Waals surface area (Å²) in [7, 11) is 0. The summed E-state index contributed by atoms with van der Waals surface area (Å²) in [6.45, 7) is 0.856. The van der Waals surface area contributed by atoms with Gasteiger partial charge < -0.3 is 5.32 Å². The standard InChI is InChI=1S/C14H17NO/c16-14-6-7-15-13(14)9-10-4-5-11-2-1-3-12(11)8-10/h4-5,8,13,15H,1-3,6-7,9H2. The molecular weight excluding hydrogens is 198 g/mol. The average molecular weight is 215 g/mol. The minimum Gasteiger partial charge on any atom is -0.307 e. The van der Waals surface area contributed by atoms with Gasteiger partial charge in [0.05, 0.1) is 6.04 Å². The van der Waals surface area contributed by atoms with Crippen molar-refractivity contribution in [1.29, 1.82) is 0 Å². The van der Waals surface area contributed by atoms with Crippen molar-refractivity contribution in [3.8, 4) is 0 Å². The van der Waals surface area contributed by atoms with E-state index in [1.165, 1.54) is 36.0 Å². The summed E-state index contributed by atoms with van der Waals surface area (Å²) in [5.74, 6) is 0.375. The predicted octanol–water partition coefficient (Wildman–Crippen LogP) is 1.65. The van der Waals surface area contributed by atoms with Crippen LogP contribution in [-0.2, 0) is 24.1 Å². The van der Waals surface area contributed by atoms with Crippen molar-refractivity contribution in [2.45, 2.75) is 38.1 Å². The van der Waals surface area contributed by atoms with E-state index in [2.05, 4.69) is 23.5 Å². The largest absolute Gasteiger partial charge is 0.307 e. The van der Waals surface area contributed by atoms with Gasteiger partial charge in [-0.2, -0.15) is 0 Å². The van der Waals surface area contributed by atoms with Crippen molar-refractivity contribution in [1.82, 2.24) is 5.32 Å². The van der Waals surface area contributed by atoms with Crippen LogP contribution in [0.3, 0.4) is 0 Å². The maximum absolute atomic E-state index is 11.5. The molecule has 1 N–H and O–H groups in total. The molecule has 0 radical (unpaired) electrons. The van der Waals surface area contributed by atoms with E-state index in [1.54, 1.807) is 0 Å². The molecule has 1 aliphatic heterocycles. The topological polar surface area (TPSA) is 29.1 Å². The van der Waals surface area contributed by atoms with Crippen LogP contribution in [0.2, 0.25) is 0 Å². The van der Waals surface area contributed by atoms with Crippen LogP contribution in [-0.4, -0.2) is 18.4 Å². The highest BCUT2D eigenvalue weighted by Crippen LogP contribution is 2.23. The van der Waals surface area contributed by atoms with Gasteiger partial charge in [-0.05, 0) is 42.4 Å². The fourth-order valence-corrected chi connectivity index (χ4v) is 2.83. The van der Waals surface area contributed by atoms with E-state index >= 15 is 0 Å². The molecule has 1 atom stereocenters. The third-order valence-corrected chi connectivity index (χ3v) is 3.75. The number of Topliss-reactive ketones (excluding diaryl/α,β-unsaturated/α-hetero) is 1. The van der Waals surface area contributed by atoms with E-state index in [0.717, 1.165) is 13.0 Å².